The second-order valence-corrected chi connectivity index (χ2v) is 5.26. The topological polar surface area (TPSA) is 39.4 Å². The molecule has 0 fully saturated rings. The Labute approximate surface area is 127 Å². The summed E-state index contributed by atoms with van der Waals surface area (Å²) in [6.07, 6.45) is 9.73. The summed E-state index contributed by atoms with van der Waals surface area (Å²) in [6, 6.07) is 12.9. The maximum atomic E-state index is 9.36. The number of nitriles is 1. The van der Waals surface area contributed by atoms with Crippen molar-refractivity contribution in [3.05, 3.63) is 48.2 Å². The normalized spacial score (nSPS) is 17.4. The van der Waals surface area contributed by atoms with E-state index in [9.17, 15) is 5.26 Å². The van der Waals surface area contributed by atoms with Gasteiger partial charge in [-0.05, 0) is 18.6 Å². The third-order valence-electron chi connectivity index (χ3n) is 3.68. The first-order valence-corrected chi connectivity index (χ1v) is 7.74. The van der Waals surface area contributed by atoms with Gasteiger partial charge >= 0.3 is 0 Å². The number of aliphatic imine (C=N–C) groups is 1. The van der Waals surface area contributed by atoms with Crippen LogP contribution in [0.5, 0.6) is 0 Å². The lowest BCUT2D eigenvalue weighted by Gasteiger charge is -2.31. The van der Waals surface area contributed by atoms with Gasteiger partial charge in [0, 0.05) is 18.3 Å². The Kier molecular flexibility index (Phi) is 6.02. The molecule has 0 bridgehead atoms. The number of amidine groups is 1. The zero-order valence-corrected chi connectivity index (χ0v) is 12.6. The van der Waals surface area contributed by atoms with Crippen LogP contribution >= 0.6 is 0 Å². The average molecular weight is 280 g/mol. The fraction of sp³-hybridized carbons (Fsp3) is 0.444. The van der Waals surface area contributed by atoms with E-state index in [1.54, 1.807) is 6.20 Å². The Hall–Kier alpha value is -2.08. The molecule has 0 amide bonds. The lowest BCUT2D eigenvalue weighted by atomic mass is 10.1. The largest absolute Gasteiger partial charge is 0.337 e. The summed E-state index contributed by atoms with van der Waals surface area (Å²) >= 11 is 0. The van der Waals surface area contributed by atoms with Gasteiger partial charge in [0.25, 0.3) is 0 Å². The number of benzene rings is 1. The summed E-state index contributed by atoms with van der Waals surface area (Å²) in [5, 5.41) is 9.36. The van der Waals surface area contributed by atoms with Crippen LogP contribution in [0.15, 0.2) is 41.5 Å². The van der Waals surface area contributed by atoms with Crippen LogP contribution in [-0.4, -0.2) is 23.3 Å². The van der Waals surface area contributed by atoms with Crippen LogP contribution in [0.2, 0.25) is 0 Å². The highest BCUT2D eigenvalue weighted by Gasteiger charge is 2.22. The van der Waals surface area contributed by atoms with Gasteiger partial charge in [-0.2, -0.15) is 5.26 Å². The molecule has 1 aliphatic heterocycles. The van der Waals surface area contributed by atoms with E-state index in [0.29, 0.717) is 0 Å². The average Bonchev–Trinajstić information content (AvgIpc) is 2.55. The number of unbranched alkanes of at least 4 members (excludes halogenated alkanes) is 4. The monoisotopic (exact) mass is 280 g/mol. The number of rotatable bonds is 7. The maximum absolute atomic E-state index is 9.36. The molecule has 1 unspecified atom stereocenters. The van der Waals surface area contributed by atoms with Crippen LogP contribution in [0.1, 0.15) is 44.6 Å². The van der Waals surface area contributed by atoms with Gasteiger partial charge in [0.05, 0.1) is 6.07 Å². The molecule has 1 aromatic rings. The minimum Gasteiger partial charge on any atom is -0.337 e. The van der Waals surface area contributed by atoms with E-state index in [4.69, 9.17) is 0 Å². The molecule has 109 valence electrons. The molecule has 0 spiro atoms. The van der Waals surface area contributed by atoms with E-state index in [1.807, 2.05) is 30.3 Å². The summed E-state index contributed by atoms with van der Waals surface area (Å²) in [5.74, 6) is 0.897. The number of hydrogen-bond acceptors (Lipinski definition) is 3. The van der Waals surface area contributed by atoms with Gasteiger partial charge in [0.15, 0.2) is 0 Å². The van der Waals surface area contributed by atoms with Crippen molar-refractivity contribution >= 4 is 5.84 Å². The van der Waals surface area contributed by atoms with Gasteiger partial charge in [0.1, 0.15) is 11.9 Å². The molecule has 1 aliphatic rings. The van der Waals surface area contributed by atoms with E-state index in [1.165, 1.54) is 25.7 Å². The van der Waals surface area contributed by atoms with Gasteiger partial charge < -0.3 is 4.90 Å². The minimum atomic E-state index is -0.215. The Balaban J connectivity index is 2.04. The van der Waals surface area contributed by atoms with E-state index >= 15 is 0 Å². The van der Waals surface area contributed by atoms with Gasteiger partial charge in [-0.15, -0.1) is 0 Å². The lowest BCUT2D eigenvalue weighted by molar-refractivity contribution is 0.387. The molecule has 3 heteroatoms. The van der Waals surface area contributed by atoms with Crippen molar-refractivity contribution in [2.75, 3.05) is 6.54 Å². The highest BCUT2D eigenvalue weighted by atomic mass is 15.2. The van der Waals surface area contributed by atoms with Crippen LogP contribution in [0.4, 0.5) is 0 Å². The molecule has 0 aliphatic carbocycles. The van der Waals surface area contributed by atoms with Crippen molar-refractivity contribution in [3.63, 3.8) is 0 Å². The standard InChI is InChI=1S/C18H22N3/c1-2-3-4-5-9-14-21-17(15-19)12-13-20-18(21)16-10-7-6-8-11-16/h7-8,10-13,17H,2-5,9,14H2,1H3. The van der Waals surface area contributed by atoms with Crippen LogP contribution in [0.25, 0.3) is 0 Å². The molecule has 1 heterocycles. The summed E-state index contributed by atoms with van der Waals surface area (Å²) < 4.78 is 0. The van der Waals surface area contributed by atoms with Gasteiger partial charge in [-0.3, -0.25) is 0 Å². The molecule has 21 heavy (non-hydrogen) atoms. The van der Waals surface area contributed by atoms with E-state index < -0.39 is 0 Å². The molecular weight excluding hydrogens is 258 g/mol. The molecule has 0 saturated heterocycles. The molecule has 2 rings (SSSR count). The van der Waals surface area contributed by atoms with Crippen LogP contribution < -0.4 is 0 Å². The molecule has 0 saturated carbocycles. The zero-order valence-electron chi connectivity index (χ0n) is 12.6. The van der Waals surface area contributed by atoms with Crippen molar-refractivity contribution < 1.29 is 0 Å². The molecule has 0 aromatic heterocycles. The van der Waals surface area contributed by atoms with Crippen molar-refractivity contribution in [1.82, 2.24) is 4.90 Å². The van der Waals surface area contributed by atoms with Gasteiger partial charge in [-0.25, -0.2) is 4.99 Å². The summed E-state index contributed by atoms with van der Waals surface area (Å²) in [7, 11) is 0. The lowest BCUT2D eigenvalue weighted by Crippen LogP contribution is -2.41. The summed E-state index contributed by atoms with van der Waals surface area (Å²) in [4.78, 5) is 6.60. The first-order valence-electron chi connectivity index (χ1n) is 7.74. The predicted molar refractivity (Wildman–Crippen MR) is 85.8 cm³/mol. The second-order valence-electron chi connectivity index (χ2n) is 5.26. The highest BCUT2D eigenvalue weighted by Crippen LogP contribution is 2.16. The van der Waals surface area contributed by atoms with Gasteiger partial charge in [-0.1, -0.05) is 56.9 Å². The van der Waals surface area contributed by atoms with Crippen molar-refractivity contribution in [1.29, 1.82) is 5.26 Å². The minimum absolute atomic E-state index is 0.215. The maximum Gasteiger partial charge on any atom is 0.138 e. The fourth-order valence-corrected chi connectivity index (χ4v) is 2.52. The number of hydrogen-bond donors (Lipinski definition) is 0. The molecule has 3 nitrogen and oxygen atoms in total. The predicted octanol–water partition coefficient (Wildman–Crippen LogP) is 3.93. The molecular formula is C18H22N3. The van der Waals surface area contributed by atoms with Crippen molar-refractivity contribution in [3.8, 4) is 6.07 Å². The van der Waals surface area contributed by atoms with E-state index in [-0.39, 0.29) is 6.04 Å². The zero-order chi connectivity index (χ0) is 14.9. The van der Waals surface area contributed by atoms with Crippen LogP contribution in [0, 0.1) is 17.4 Å². The number of nitrogens with zero attached hydrogens (tertiary/aromatic N) is 3. The quantitative estimate of drug-likeness (QED) is 0.710. The summed E-state index contributed by atoms with van der Waals surface area (Å²) in [5.41, 5.74) is 1.05. The third kappa shape index (κ3) is 4.19. The van der Waals surface area contributed by atoms with E-state index in [0.717, 1.165) is 24.4 Å². The Morgan fingerprint density at radius 2 is 2.00 bits per heavy atom. The molecule has 1 atom stereocenters. The first-order chi connectivity index (χ1) is 10.4. The van der Waals surface area contributed by atoms with Crippen LogP contribution in [0.3, 0.4) is 0 Å². The molecule has 0 N–H and O–H groups in total. The molecule has 1 aromatic carbocycles. The van der Waals surface area contributed by atoms with Crippen LogP contribution in [-0.2, 0) is 0 Å². The SMILES string of the molecule is CCCCCCCN1C(c2cc[c]cc2)=NC=CC1C#N. The summed E-state index contributed by atoms with van der Waals surface area (Å²) in [6.45, 7) is 3.10. The fourth-order valence-electron chi connectivity index (χ4n) is 2.52. The smallest absolute Gasteiger partial charge is 0.138 e. The highest BCUT2D eigenvalue weighted by molar-refractivity contribution is 6.00. The Morgan fingerprint density at radius 1 is 1.24 bits per heavy atom. The van der Waals surface area contributed by atoms with Crippen molar-refractivity contribution in [2.45, 2.75) is 45.1 Å². The third-order valence-corrected chi connectivity index (χ3v) is 3.68. The molecule has 1 radical (unpaired) electrons. The van der Waals surface area contributed by atoms with E-state index in [2.05, 4.69) is 29.0 Å². The second kappa shape index (κ2) is 8.26. The Bertz CT molecular complexity index is 525. The first kappa shape index (κ1) is 15.3. The van der Waals surface area contributed by atoms with Gasteiger partial charge in [0.2, 0.25) is 0 Å². The van der Waals surface area contributed by atoms with Crippen molar-refractivity contribution in [2.24, 2.45) is 4.99 Å². The Morgan fingerprint density at radius 3 is 2.71 bits per heavy atom.